The van der Waals surface area contributed by atoms with Gasteiger partial charge in [0, 0.05) is 24.8 Å². The molecule has 156 valence electrons. The van der Waals surface area contributed by atoms with Crippen LogP contribution >= 0.6 is 0 Å². The van der Waals surface area contributed by atoms with Crippen LogP contribution in [0.2, 0.25) is 0 Å². The normalized spacial score (nSPS) is 14.8. The molecule has 0 aromatic heterocycles. The van der Waals surface area contributed by atoms with Gasteiger partial charge < -0.3 is 19.7 Å². The second kappa shape index (κ2) is 9.11. The molecular formula is C22H26F2N2O3. The van der Waals surface area contributed by atoms with E-state index in [4.69, 9.17) is 4.74 Å². The van der Waals surface area contributed by atoms with Crippen molar-refractivity contribution in [3.05, 3.63) is 53.1 Å². The van der Waals surface area contributed by atoms with Crippen LogP contribution in [0.25, 0.3) is 0 Å². The van der Waals surface area contributed by atoms with Crippen molar-refractivity contribution in [3.63, 3.8) is 0 Å². The van der Waals surface area contributed by atoms with Crippen molar-refractivity contribution in [2.45, 2.75) is 39.3 Å². The minimum atomic E-state index is -2.84. The summed E-state index contributed by atoms with van der Waals surface area (Å²) in [5.74, 6) is -0.151. The van der Waals surface area contributed by atoms with Gasteiger partial charge in [-0.05, 0) is 56.0 Å². The first kappa shape index (κ1) is 20.9. The predicted molar refractivity (Wildman–Crippen MR) is 109 cm³/mol. The molecule has 1 fully saturated rings. The molecular weight excluding hydrogens is 378 g/mol. The number of alkyl halides is 2. The van der Waals surface area contributed by atoms with Crippen LogP contribution in [0.3, 0.4) is 0 Å². The van der Waals surface area contributed by atoms with Gasteiger partial charge in [0.1, 0.15) is 5.75 Å². The van der Waals surface area contributed by atoms with E-state index in [9.17, 15) is 13.6 Å². The summed E-state index contributed by atoms with van der Waals surface area (Å²) in [6.45, 7) is 2.49. The Kier molecular flexibility index (Phi) is 6.56. The smallest absolute Gasteiger partial charge is 0.387 e. The molecule has 1 saturated heterocycles. The molecule has 0 atom stereocenters. The molecule has 0 amide bonds. The third kappa shape index (κ3) is 4.96. The van der Waals surface area contributed by atoms with E-state index in [-0.39, 0.29) is 17.8 Å². The average Bonchev–Trinajstić information content (AvgIpc) is 2.70. The van der Waals surface area contributed by atoms with Crippen LogP contribution in [0.1, 0.15) is 34.3 Å². The third-order valence-electron chi connectivity index (χ3n) is 5.25. The number of nitrogens with zero attached hydrogens (tertiary/aromatic N) is 1. The molecule has 2 aromatic carbocycles. The number of para-hydroxylation sites is 2. The molecule has 29 heavy (non-hydrogen) atoms. The Morgan fingerprint density at radius 1 is 1.14 bits per heavy atom. The first-order valence-corrected chi connectivity index (χ1v) is 9.64. The van der Waals surface area contributed by atoms with Crippen LogP contribution < -0.4 is 15.0 Å². The number of carbonyl (C=O) groups excluding carboxylic acids is 1. The Bertz CT molecular complexity index is 865. The zero-order valence-electron chi connectivity index (χ0n) is 16.9. The zero-order chi connectivity index (χ0) is 21.0. The lowest BCUT2D eigenvalue weighted by molar-refractivity contribution is -0.0495. The average molecular weight is 404 g/mol. The van der Waals surface area contributed by atoms with E-state index in [1.807, 2.05) is 32.0 Å². The van der Waals surface area contributed by atoms with Crippen molar-refractivity contribution in [1.29, 1.82) is 0 Å². The standard InChI is InChI=1S/C22H26F2N2O3/c1-14-12-15(2)18(13-17(14)21(27)28-3)25-16-8-10-26(11-9-16)19-6-4-5-7-20(19)29-22(23)24/h4-7,12-13,16,22,25H,8-11H2,1-3H3. The zero-order valence-corrected chi connectivity index (χ0v) is 16.9. The van der Waals surface area contributed by atoms with Crippen molar-refractivity contribution in [2.75, 3.05) is 30.4 Å². The maximum absolute atomic E-state index is 12.7. The van der Waals surface area contributed by atoms with Gasteiger partial charge in [-0.2, -0.15) is 8.78 Å². The maximum atomic E-state index is 12.7. The highest BCUT2D eigenvalue weighted by Crippen LogP contribution is 2.32. The summed E-state index contributed by atoms with van der Waals surface area (Å²) in [7, 11) is 1.38. The Labute approximate surface area is 169 Å². The number of ether oxygens (including phenoxy) is 2. The number of aryl methyl sites for hydroxylation is 2. The molecule has 1 aliphatic rings. The van der Waals surface area contributed by atoms with E-state index in [1.54, 1.807) is 18.2 Å². The number of hydrogen-bond donors (Lipinski definition) is 1. The van der Waals surface area contributed by atoms with Gasteiger partial charge in [-0.15, -0.1) is 0 Å². The molecule has 5 nitrogen and oxygen atoms in total. The third-order valence-corrected chi connectivity index (χ3v) is 5.25. The summed E-state index contributed by atoms with van der Waals surface area (Å²) in [4.78, 5) is 14.0. The first-order valence-electron chi connectivity index (χ1n) is 9.64. The molecule has 0 unspecified atom stereocenters. The Morgan fingerprint density at radius 3 is 2.48 bits per heavy atom. The van der Waals surface area contributed by atoms with Crippen molar-refractivity contribution in [3.8, 4) is 5.75 Å². The lowest BCUT2D eigenvalue weighted by Crippen LogP contribution is -2.39. The van der Waals surface area contributed by atoms with Gasteiger partial charge in [0.2, 0.25) is 0 Å². The predicted octanol–water partition coefficient (Wildman–Crippen LogP) is 4.77. The Hall–Kier alpha value is -2.83. The molecule has 2 aromatic rings. The van der Waals surface area contributed by atoms with E-state index >= 15 is 0 Å². The monoisotopic (exact) mass is 404 g/mol. The molecule has 0 spiro atoms. The fourth-order valence-corrected chi connectivity index (χ4v) is 3.74. The molecule has 1 aliphatic heterocycles. The number of benzene rings is 2. The van der Waals surface area contributed by atoms with E-state index in [0.717, 1.165) is 42.7 Å². The Morgan fingerprint density at radius 2 is 1.83 bits per heavy atom. The number of piperidine rings is 1. The van der Waals surface area contributed by atoms with E-state index in [0.29, 0.717) is 11.3 Å². The molecule has 7 heteroatoms. The van der Waals surface area contributed by atoms with Gasteiger partial charge in [-0.3, -0.25) is 0 Å². The largest absolute Gasteiger partial charge is 0.465 e. The van der Waals surface area contributed by atoms with Crippen LogP contribution in [0.15, 0.2) is 36.4 Å². The summed E-state index contributed by atoms with van der Waals surface area (Å²) >= 11 is 0. The minimum Gasteiger partial charge on any atom is -0.465 e. The molecule has 0 radical (unpaired) electrons. The summed E-state index contributed by atoms with van der Waals surface area (Å²) < 4.78 is 34.9. The van der Waals surface area contributed by atoms with Gasteiger partial charge in [-0.25, -0.2) is 4.79 Å². The van der Waals surface area contributed by atoms with Crippen LogP contribution in [-0.4, -0.2) is 38.8 Å². The van der Waals surface area contributed by atoms with E-state index in [2.05, 4.69) is 15.0 Å². The van der Waals surface area contributed by atoms with E-state index < -0.39 is 6.61 Å². The first-order chi connectivity index (χ1) is 13.9. The fraction of sp³-hybridized carbons (Fsp3) is 0.409. The van der Waals surface area contributed by atoms with Gasteiger partial charge in [-0.1, -0.05) is 18.2 Å². The van der Waals surface area contributed by atoms with Crippen LogP contribution in [0.5, 0.6) is 5.75 Å². The summed E-state index contributed by atoms with van der Waals surface area (Å²) in [6, 6.07) is 10.9. The lowest BCUT2D eigenvalue weighted by atomic mass is 10.0. The molecule has 0 bridgehead atoms. The number of methoxy groups -OCH3 is 1. The van der Waals surface area contributed by atoms with Gasteiger partial charge >= 0.3 is 12.6 Å². The molecule has 1 heterocycles. The Balaban J connectivity index is 1.67. The van der Waals surface area contributed by atoms with Crippen molar-refractivity contribution in [1.82, 2.24) is 0 Å². The number of hydrogen-bond acceptors (Lipinski definition) is 5. The summed E-state index contributed by atoms with van der Waals surface area (Å²) in [5, 5.41) is 3.53. The molecule has 3 rings (SSSR count). The highest BCUT2D eigenvalue weighted by molar-refractivity contribution is 5.92. The number of esters is 1. The second-order valence-corrected chi connectivity index (χ2v) is 7.23. The fourth-order valence-electron chi connectivity index (χ4n) is 3.74. The topological polar surface area (TPSA) is 50.8 Å². The maximum Gasteiger partial charge on any atom is 0.387 e. The number of carbonyl (C=O) groups is 1. The van der Waals surface area contributed by atoms with Crippen LogP contribution in [-0.2, 0) is 4.74 Å². The summed E-state index contributed by atoms with van der Waals surface area (Å²) in [5.41, 5.74) is 4.09. The highest BCUT2D eigenvalue weighted by Gasteiger charge is 2.23. The van der Waals surface area contributed by atoms with Gasteiger partial charge in [0.15, 0.2) is 0 Å². The molecule has 1 N–H and O–H groups in total. The second-order valence-electron chi connectivity index (χ2n) is 7.23. The number of halogens is 2. The van der Waals surface area contributed by atoms with Crippen LogP contribution in [0.4, 0.5) is 20.2 Å². The lowest BCUT2D eigenvalue weighted by Gasteiger charge is -2.35. The molecule has 0 saturated carbocycles. The van der Waals surface area contributed by atoms with Crippen LogP contribution in [0, 0.1) is 13.8 Å². The van der Waals surface area contributed by atoms with Crippen molar-refractivity contribution < 1.29 is 23.0 Å². The number of nitrogens with one attached hydrogen (secondary N) is 1. The van der Waals surface area contributed by atoms with E-state index in [1.165, 1.54) is 7.11 Å². The SMILES string of the molecule is COC(=O)c1cc(NC2CCN(c3ccccc3OC(F)F)CC2)c(C)cc1C. The highest BCUT2D eigenvalue weighted by atomic mass is 19.3. The van der Waals surface area contributed by atoms with Gasteiger partial charge in [0.05, 0.1) is 18.4 Å². The number of rotatable bonds is 6. The summed E-state index contributed by atoms with van der Waals surface area (Å²) in [6.07, 6.45) is 1.67. The quantitative estimate of drug-likeness (QED) is 0.703. The van der Waals surface area contributed by atoms with Crippen molar-refractivity contribution in [2.24, 2.45) is 0 Å². The minimum absolute atomic E-state index is 0.200. The molecule has 0 aliphatic carbocycles. The number of anilines is 2. The van der Waals surface area contributed by atoms with Crippen molar-refractivity contribution >= 4 is 17.3 Å². The van der Waals surface area contributed by atoms with Gasteiger partial charge in [0.25, 0.3) is 0 Å².